The van der Waals surface area contributed by atoms with Crippen LogP contribution in [0.1, 0.15) is 20.7 Å². The molecule has 0 saturated heterocycles. The third kappa shape index (κ3) is 3.31. The molecule has 3 N–H and O–H groups in total. The molecule has 2 rings (SSSR count). The summed E-state index contributed by atoms with van der Waals surface area (Å²) in [4.78, 5) is 23.0. The first-order valence-electron chi connectivity index (χ1n) is 5.53. The summed E-state index contributed by atoms with van der Waals surface area (Å²) in [7, 11) is 0. The molecule has 0 fully saturated rings. The van der Waals surface area contributed by atoms with Crippen molar-refractivity contribution in [3.05, 3.63) is 63.2 Å². The minimum atomic E-state index is -0.490. The van der Waals surface area contributed by atoms with Crippen molar-refractivity contribution in [2.24, 2.45) is 5.73 Å². The number of hydrogen-bond acceptors (Lipinski definition) is 2. The molecule has 2 aromatic rings. The van der Waals surface area contributed by atoms with E-state index in [1.54, 1.807) is 30.3 Å². The van der Waals surface area contributed by atoms with E-state index < -0.39 is 5.91 Å². The highest BCUT2D eigenvalue weighted by atomic mass is 127. The summed E-state index contributed by atoms with van der Waals surface area (Å²) in [6, 6.07) is 13.8. The van der Waals surface area contributed by atoms with Crippen molar-refractivity contribution < 1.29 is 9.59 Å². The van der Waals surface area contributed by atoms with E-state index in [1.807, 2.05) is 18.2 Å². The Kier molecular flexibility index (Phi) is 4.16. The van der Waals surface area contributed by atoms with Crippen molar-refractivity contribution >= 4 is 40.1 Å². The Morgan fingerprint density at radius 1 is 1.00 bits per heavy atom. The van der Waals surface area contributed by atoms with Crippen LogP contribution >= 0.6 is 22.6 Å². The number of benzene rings is 2. The van der Waals surface area contributed by atoms with Gasteiger partial charge in [-0.05, 0) is 59.0 Å². The molecule has 0 aromatic heterocycles. The van der Waals surface area contributed by atoms with E-state index >= 15 is 0 Å². The molecule has 5 heteroatoms. The molecule has 0 aliphatic heterocycles. The SMILES string of the molecule is NC(=O)c1ccc(NC(=O)c2ccccc2I)cc1. The highest BCUT2D eigenvalue weighted by Gasteiger charge is 2.09. The zero-order chi connectivity index (χ0) is 13.8. The summed E-state index contributed by atoms with van der Waals surface area (Å²) in [5.41, 5.74) is 6.79. The Bertz CT molecular complexity index is 624. The molecule has 19 heavy (non-hydrogen) atoms. The van der Waals surface area contributed by atoms with Gasteiger partial charge >= 0.3 is 0 Å². The molecule has 0 aliphatic carbocycles. The van der Waals surface area contributed by atoms with Gasteiger partial charge in [0.1, 0.15) is 0 Å². The van der Waals surface area contributed by atoms with E-state index in [9.17, 15) is 9.59 Å². The van der Waals surface area contributed by atoms with Crippen LogP contribution in [0, 0.1) is 3.57 Å². The maximum absolute atomic E-state index is 12.0. The minimum Gasteiger partial charge on any atom is -0.366 e. The Balaban J connectivity index is 2.15. The van der Waals surface area contributed by atoms with Crippen LogP contribution in [0.5, 0.6) is 0 Å². The van der Waals surface area contributed by atoms with Gasteiger partial charge in [0.2, 0.25) is 5.91 Å². The average molecular weight is 366 g/mol. The molecule has 0 bridgehead atoms. The highest BCUT2D eigenvalue weighted by molar-refractivity contribution is 14.1. The lowest BCUT2D eigenvalue weighted by molar-refractivity contribution is 0.0998. The van der Waals surface area contributed by atoms with Gasteiger partial charge in [-0.1, -0.05) is 12.1 Å². The summed E-state index contributed by atoms with van der Waals surface area (Å²) in [5.74, 6) is -0.674. The highest BCUT2D eigenvalue weighted by Crippen LogP contribution is 2.15. The number of rotatable bonds is 3. The molecule has 0 radical (unpaired) electrons. The van der Waals surface area contributed by atoms with Gasteiger partial charge in [0.05, 0.1) is 5.56 Å². The molecule has 0 unspecified atom stereocenters. The number of halogens is 1. The van der Waals surface area contributed by atoms with E-state index in [2.05, 4.69) is 27.9 Å². The van der Waals surface area contributed by atoms with Crippen molar-refractivity contribution in [3.63, 3.8) is 0 Å². The van der Waals surface area contributed by atoms with Crippen LogP contribution in [-0.4, -0.2) is 11.8 Å². The summed E-state index contributed by atoms with van der Waals surface area (Å²) < 4.78 is 0.881. The molecular formula is C14H11IN2O2. The molecule has 2 amide bonds. The Morgan fingerprint density at radius 2 is 1.63 bits per heavy atom. The van der Waals surface area contributed by atoms with Gasteiger partial charge in [0.15, 0.2) is 0 Å². The number of anilines is 1. The topological polar surface area (TPSA) is 72.2 Å². The zero-order valence-electron chi connectivity index (χ0n) is 9.89. The minimum absolute atomic E-state index is 0.183. The summed E-state index contributed by atoms with van der Waals surface area (Å²) in [6.07, 6.45) is 0. The van der Waals surface area contributed by atoms with Gasteiger partial charge in [-0.25, -0.2) is 0 Å². The standard InChI is InChI=1S/C14H11IN2O2/c15-12-4-2-1-3-11(12)14(19)17-10-7-5-9(6-8-10)13(16)18/h1-8H,(H2,16,18)(H,17,19). The van der Waals surface area contributed by atoms with Crippen molar-refractivity contribution in [1.29, 1.82) is 0 Å². The van der Waals surface area contributed by atoms with Gasteiger partial charge in [-0.15, -0.1) is 0 Å². The van der Waals surface area contributed by atoms with E-state index in [0.29, 0.717) is 16.8 Å². The Morgan fingerprint density at radius 3 is 2.21 bits per heavy atom. The Hall–Kier alpha value is -1.89. The molecule has 96 valence electrons. The van der Waals surface area contributed by atoms with Gasteiger partial charge in [-0.3, -0.25) is 9.59 Å². The van der Waals surface area contributed by atoms with E-state index in [1.165, 1.54) is 0 Å². The predicted octanol–water partition coefficient (Wildman–Crippen LogP) is 2.64. The summed E-state index contributed by atoms with van der Waals surface area (Å²) >= 11 is 2.11. The fourth-order valence-electron chi connectivity index (χ4n) is 1.56. The lowest BCUT2D eigenvalue weighted by Crippen LogP contribution is -2.14. The third-order valence-electron chi connectivity index (χ3n) is 2.55. The fraction of sp³-hybridized carbons (Fsp3) is 0. The summed E-state index contributed by atoms with van der Waals surface area (Å²) in [5, 5.41) is 2.77. The number of nitrogens with one attached hydrogen (secondary N) is 1. The first kappa shape index (κ1) is 13.5. The number of primary amides is 1. The lowest BCUT2D eigenvalue weighted by atomic mass is 10.2. The molecule has 0 aliphatic rings. The molecule has 2 aromatic carbocycles. The third-order valence-corrected chi connectivity index (χ3v) is 3.49. The molecular weight excluding hydrogens is 355 g/mol. The van der Waals surface area contributed by atoms with Crippen LogP contribution < -0.4 is 11.1 Å². The van der Waals surface area contributed by atoms with Crippen LogP contribution in [0.25, 0.3) is 0 Å². The normalized spacial score (nSPS) is 9.95. The molecule has 0 atom stereocenters. The number of carbonyl (C=O) groups is 2. The van der Waals surface area contributed by atoms with Gasteiger partial charge in [-0.2, -0.15) is 0 Å². The van der Waals surface area contributed by atoms with E-state index in [-0.39, 0.29) is 5.91 Å². The second kappa shape index (κ2) is 5.83. The molecule has 0 heterocycles. The van der Waals surface area contributed by atoms with Crippen molar-refractivity contribution in [1.82, 2.24) is 0 Å². The average Bonchev–Trinajstić information content (AvgIpc) is 2.39. The van der Waals surface area contributed by atoms with Crippen LogP contribution in [0.4, 0.5) is 5.69 Å². The smallest absolute Gasteiger partial charge is 0.256 e. The van der Waals surface area contributed by atoms with Gasteiger partial charge in [0, 0.05) is 14.8 Å². The van der Waals surface area contributed by atoms with Crippen molar-refractivity contribution in [2.75, 3.05) is 5.32 Å². The number of carbonyl (C=O) groups excluding carboxylic acids is 2. The number of hydrogen-bond donors (Lipinski definition) is 2. The molecule has 0 saturated carbocycles. The second-order valence-corrected chi connectivity index (χ2v) is 5.04. The zero-order valence-corrected chi connectivity index (χ0v) is 12.0. The number of nitrogens with two attached hydrogens (primary N) is 1. The first-order valence-corrected chi connectivity index (χ1v) is 6.61. The molecule has 4 nitrogen and oxygen atoms in total. The van der Waals surface area contributed by atoms with Crippen LogP contribution in [0.3, 0.4) is 0 Å². The van der Waals surface area contributed by atoms with Gasteiger partial charge in [0.25, 0.3) is 5.91 Å². The van der Waals surface area contributed by atoms with E-state index in [4.69, 9.17) is 5.73 Å². The largest absolute Gasteiger partial charge is 0.366 e. The maximum Gasteiger partial charge on any atom is 0.256 e. The van der Waals surface area contributed by atoms with Crippen molar-refractivity contribution in [3.8, 4) is 0 Å². The first-order chi connectivity index (χ1) is 9.08. The number of amides is 2. The van der Waals surface area contributed by atoms with Crippen LogP contribution in [0.15, 0.2) is 48.5 Å². The summed E-state index contributed by atoms with van der Waals surface area (Å²) in [6.45, 7) is 0. The quantitative estimate of drug-likeness (QED) is 0.820. The van der Waals surface area contributed by atoms with E-state index in [0.717, 1.165) is 3.57 Å². The second-order valence-electron chi connectivity index (χ2n) is 3.88. The van der Waals surface area contributed by atoms with Crippen molar-refractivity contribution in [2.45, 2.75) is 0 Å². The maximum atomic E-state index is 12.0. The Labute approximate surface area is 124 Å². The van der Waals surface area contributed by atoms with Crippen LogP contribution in [-0.2, 0) is 0 Å². The van der Waals surface area contributed by atoms with Crippen LogP contribution in [0.2, 0.25) is 0 Å². The lowest BCUT2D eigenvalue weighted by Gasteiger charge is -2.07. The fourth-order valence-corrected chi connectivity index (χ4v) is 2.19. The predicted molar refractivity (Wildman–Crippen MR) is 82.1 cm³/mol. The monoisotopic (exact) mass is 366 g/mol. The van der Waals surface area contributed by atoms with Gasteiger partial charge < -0.3 is 11.1 Å². The molecule has 0 spiro atoms.